The number of nitrogens with two attached hydrogens (primary N) is 1. The minimum atomic E-state index is 0. The first-order valence-electron chi connectivity index (χ1n) is 7.90. The maximum atomic E-state index is 12.4. The molecule has 0 aliphatic heterocycles. The van der Waals surface area contributed by atoms with Gasteiger partial charge in [-0.2, -0.15) is 0 Å². The molecule has 3 N–H and O–H groups in total. The number of benzene rings is 1. The number of anilines is 1. The predicted octanol–water partition coefficient (Wildman–Crippen LogP) is 3.52. The van der Waals surface area contributed by atoms with Crippen LogP contribution in [-0.4, -0.2) is 19.1 Å². The van der Waals surface area contributed by atoms with Gasteiger partial charge in [0.05, 0.1) is 6.61 Å². The molecule has 22 heavy (non-hydrogen) atoms. The minimum Gasteiger partial charge on any atom is -0.494 e. The number of hydrogen-bond donors (Lipinski definition) is 2. The van der Waals surface area contributed by atoms with Gasteiger partial charge >= 0.3 is 0 Å². The number of aryl methyl sites for hydroxylation is 1. The van der Waals surface area contributed by atoms with Gasteiger partial charge < -0.3 is 15.8 Å². The van der Waals surface area contributed by atoms with E-state index in [1.54, 1.807) is 0 Å². The molecule has 0 aromatic heterocycles. The van der Waals surface area contributed by atoms with Gasteiger partial charge in [-0.3, -0.25) is 4.79 Å². The van der Waals surface area contributed by atoms with Crippen LogP contribution in [0.5, 0.6) is 5.75 Å². The fourth-order valence-electron chi connectivity index (χ4n) is 2.98. The molecule has 2 rings (SSSR count). The largest absolute Gasteiger partial charge is 0.494 e. The van der Waals surface area contributed by atoms with Gasteiger partial charge in [0.15, 0.2) is 0 Å². The Morgan fingerprint density at radius 2 is 2.18 bits per heavy atom. The molecule has 1 fully saturated rings. The summed E-state index contributed by atoms with van der Waals surface area (Å²) in [7, 11) is 0. The molecule has 0 bridgehead atoms. The first-order chi connectivity index (χ1) is 10.2. The van der Waals surface area contributed by atoms with Crippen LogP contribution >= 0.6 is 12.4 Å². The smallest absolute Gasteiger partial charge is 0.227 e. The zero-order valence-corrected chi connectivity index (χ0v) is 14.2. The third-order valence-corrected chi connectivity index (χ3v) is 4.23. The van der Waals surface area contributed by atoms with Crippen molar-refractivity contribution in [3.63, 3.8) is 0 Å². The monoisotopic (exact) mass is 326 g/mol. The van der Waals surface area contributed by atoms with Gasteiger partial charge in [-0.25, -0.2) is 0 Å². The van der Waals surface area contributed by atoms with Crippen molar-refractivity contribution in [2.24, 2.45) is 17.6 Å². The molecule has 1 aromatic rings. The first kappa shape index (κ1) is 18.8. The summed E-state index contributed by atoms with van der Waals surface area (Å²) in [6.07, 6.45) is 4.10. The van der Waals surface area contributed by atoms with Gasteiger partial charge in [-0.05, 0) is 62.4 Å². The third-order valence-electron chi connectivity index (χ3n) is 4.23. The van der Waals surface area contributed by atoms with Gasteiger partial charge in [-0.15, -0.1) is 12.4 Å². The molecule has 5 heteroatoms. The fraction of sp³-hybridized carbons (Fsp3) is 0.588. The summed E-state index contributed by atoms with van der Waals surface area (Å²) in [6, 6.07) is 5.80. The Hall–Kier alpha value is -1.26. The van der Waals surface area contributed by atoms with E-state index < -0.39 is 0 Å². The van der Waals surface area contributed by atoms with Crippen molar-refractivity contribution in [2.45, 2.75) is 39.5 Å². The summed E-state index contributed by atoms with van der Waals surface area (Å²) >= 11 is 0. The number of carbonyl (C=O) groups excluding carboxylic acids is 1. The lowest BCUT2D eigenvalue weighted by atomic mass is 9.95. The molecule has 4 nitrogen and oxygen atoms in total. The molecule has 1 aliphatic rings. The number of ether oxygens (including phenoxy) is 1. The number of amides is 1. The molecular formula is C17H27ClN2O2. The minimum absolute atomic E-state index is 0. The van der Waals surface area contributed by atoms with Gasteiger partial charge in [0.1, 0.15) is 5.75 Å². The quantitative estimate of drug-likeness (QED) is 0.840. The number of halogens is 1. The zero-order chi connectivity index (χ0) is 15.2. The number of carbonyl (C=O) groups is 1. The summed E-state index contributed by atoms with van der Waals surface area (Å²) in [4.78, 5) is 12.4. The van der Waals surface area contributed by atoms with E-state index >= 15 is 0 Å². The van der Waals surface area contributed by atoms with E-state index in [1.165, 1.54) is 0 Å². The number of nitrogens with one attached hydrogen (secondary N) is 1. The average molecular weight is 327 g/mol. The predicted molar refractivity (Wildman–Crippen MR) is 92.7 cm³/mol. The highest BCUT2D eigenvalue weighted by Crippen LogP contribution is 2.32. The van der Waals surface area contributed by atoms with Gasteiger partial charge in [0.2, 0.25) is 5.91 Å². The molecule has 0 saturated heterocycles. The molecule has 1 saturated carbocycles. The molecule has 1 aliphatic carbocycles. The Balaban J connectivity index is 0.00000242. The van der Waals surface area contributed by atoms with Crippen molar-refractivity contribution in [3.05, 3.63) is 23.8 Å². The molecule has 1 amide bonds. The van der Waals surface area contributed by atoms with Crippen LogP contribution in [0.25, 0.3) is 0 Å². The van der Waals surface area contributed by atoms with Crippen molar-refractivity contribution < 1.29 is 9.53 Å². The SMILES string of the molecule is CCCOc1ccc(NC(=O)[C@@H]2CCC[C@@H]2CN)c(C)c1.Cl. The van der Waals surface area contributed by atoms with Crippen LogP contribution in [0.4, 0.5) is 5.69 Å². The molecule has 2 atom stereocenters. The van der Waals surface area contributed by atoms with Gasteiger partial charge in [0.25, 0.3) is 0 Å². The second kappa shape index (κ2) is 9.01. The number of hydrogen-bond acceptors (Lipinski definition) is 3. The standard InChI is InChI=1S/C17H26N2O2.ClH/c1-3-9-21-14-7-8-16(12(2)10-14)19-17(20)15-6-4-5-13(15)11-18;/h7-8,10,13,15H,3-6,9,11,18H2,1-2H3,(H,19,20);1H/t13-,15-;/m1./s1. The Bertz CT molecular complexity index is 494. The van der Waals surface area contributed by atoms with Crippen molar-refractivity contribution in [1.29, 1.82) is 0 Å². The Labute approximate surface area is 139 Å². The van der Waals surface area contributed by atoms with Crippen molar-refractivity contribution >= 4 is 24.0 Å². The molecule has 0 heterocycles. The van der Waals surface area contributed by atoms with Gasteiger partial charge in [-0.1, -0.05) is 13.3 Å². The van der Waals surface area contributed by atoms with Crippen LogP contribution in [-0.2, 0) is 4.79 Å². The fourth-order valence-corrected chi connectivity index (χ4v) is 2.98. The molecule has 1 aromatic carbocycles. The van der Waals surface area contributed by atoms with Crippen LogP contribution in [0.2, 0.25) is 0 Å². The highest BCUT2D eigenvalue weighted by molar-refractivity contribution is 5.93. The molecule has 124 valence electrons. The van der Waals surface area contributed by atoms with Crippen LogP contribution in [0, 0.1) is 18.8 Å². The van der Waals surface area contributed by atoms with Crippen LogP contribution in [0.1, 0.15) is 38.2 Å². The lowest BCUT2D eigenvalue weighted by molar-refractivity contribution is -0.120. The maximum Gasteiger partial charge on any atom is 0.227 e. The number of rotatable bonds is 6. The van der Waals surface area contributed by atoms with Crippen LogP contribution in [0.3, 0.4) is 0 Å². The first-order valence-corrected chi connectivity index (χ1v) is 7.90. The van der Waals surface area contributed by atoms with Crippen LogP contribution < -0.4 is 15.8 Å². The Morgan fingerprint density at radius 1 is 1.41 bits per heavy atom. The average Bonchev–Trinajstić information content (AvgIpc) is 2.96. The van der Waals surface area contributed by atoms with E-state index in [4.69, 9.17) is 10.5 Å². The normalized spacial score (nSPS) is 20.3. The molecule has 0 unspecified atom stereocenters. The lowest BCUT2D eigenvalue weighted by Gasteiger charge is -2.18. The van der Waals surface area contributed by atoms with Crippen molar-refractivity contribution in [1.82, 2.24) is 0 Å². The van der Waals surface area contributed by atoms with Crippen molar-refractivity contribution in [3.8, 4) is 5.75 Å². The molecular weight excluding hydrogens is 300 g/mol. The van der Waals surface area contributed by atoms with Gasteiger partial charge in [0, 0.05) is 11.6 Å². The van der Waals surface area contributed by atoms with E-state index in [0.717, 1.165) is 42.7 Å². The molecule has 0 radical (unpaired) electrons. The summed E-state index contributed by atoms with van der Waals surface area (Å²) < 4.78 is 5.60. The summed E-state index contributed by atoms with van der Waals surface area (Å²) in [5, 5.41) is 3.05. The highest BCUT2D eigenvalue weighted by Gasteiger charge is 2.32. The molecule has 0 spiro atoms. The highest BCUT2D eigenvalue weighted by atomic mass is 35.5. The summed E-state index contributed by atoms with van der Waals surface area (Å²) in [5.41, 5.74) is 7.65. The van der Waals surface area contributed by atoms with Crippen molar-refractivity contribution in [2.75, 3.05) is 18.5 Å². The van der Waals surface area contributed by atoms with Crippen LogP contribution in [0.15, 0.2) is 18.2 Å². The topological polar surface area (TPSA) is 64.3 Å². The second-order valence-electron chi connectivity index (χ2n) is 5.85. The van der Waals surface area contributed by atoms with E-state index in [9.17, 15) is 4.79 Å². The summed E-state index contributed by atoms with van der Waals surface area (Å²) in [5.74, 6) is 1.35. The van der Waals surface area contributed by atoms with E-state index in [0.29, 0.717) is 19.1 Å². The Kier molecular flexibility index (Phi) is 7.69. The van der Waals surface area contributed by atoms with E-state index in [2.05, 4.69) is 12.2 Å². The Morgan fingerprint density at radius 3 is 2.82 bits per heavy atom. The second-order valence-corrected chi connectivity index (χ2v) is 5.85. The summed E-state index contributed by atoms with van der Waals surface area (Å²) in [6.45, 7) is 5.38. The zero-order valence-electron chi connectivity index (χ0n) is 13.4. The lowest BCUT2D eigenvalue weighted by Crippen LogP contribution is -2.29. The maximum absolute atomic E-state index is 12.4. The van der Waals surface area contributed by atoms with E-state index in [1.807, 2.05) is 25.1 Å². The third kappa shape index (κ3) is 4.62. The van der Waals surface area contributed by atoms with E-state index in [-0.39, 0.29) is 24.2 Å².